The normalized spacial score (nSPS) is 11.5. The highest BCUT2D eigenvalue weighted by Crippen LogP contribution is 2.15. The topological polar surface area (TPSA) is 12.4 Å². The molecule has 0 aliphatic carbocycles. The van der Waals surface area contributed by atoms with Crippen molar-refractivity contribution in [2.24, 2.45) is 4.99 Å². The Kier molecular flexibility index (Phi) is 3.71. The van der Waals surface area contributed by atoms with Crippen molar-refractivity contribution in [2.75, 3.05) is 0 Å². The van der Waals surface area contributed by atoms with Gasteiger partial charge < -0.3 is 0 Å². The fraction of sp³-hybridized carbons (Fsp3) is 0.188. The molecule has 0 unspecified atom stereocenters. The van der Waals surface area contributed by atoms with Gasteiger partial charge in [0.2, 0.25) is 0 Å². The number of rotatable bonds is 3. The van der Waals surface area contributed by atoms with Crippen LogP contribution in [0.4, 0.5) is 5.69 Å². The van der Waals surface area contributed by atoms with Crippen LogP contribution < -0.4 is 0 Å². The van der Waals surface area contributed by atoms with Crippen molar-refractivity contribution < 1.29 is 0 Å². The molecule has 2 rings (SSSR count). The van der Waals surface area contributed by atoms with Crippen LogP contribution in [0.15, 0.2) is 59.6 Å². The predicted molar refractivity (Wildman–Crippen MR) is 74.1 cm³/mol. The van der Waals surface area contributed by atoms with E-state index in [0.717, 1.165) is 17.8 Å². The Bertz CT molecular complexity index is 495. The summed E-state index contributed by atoms with van der Waals surface area (Å²) >= 11 is 0. The quantitative estimate of drug-likeness (QED) is 0.678. The number of hydrogen-bond donors (Lipinski definition) is 0. The van der Waals surface area contributed by atoms with Gasteiger partial charge >= 0.3 is 0 Å². The molecule has 0 saturated heterocycles. The molecule has 17 heavy (non-hydrogen) atoms. The molecule has 0 aliphatic rings. The van der Waals surface area contributed by atoms with Crippen molar-refractivity contribution in [3.63, 3.8) is 0 Å². The van der Waals surface area contributed by atoms with Gasteiger partial charge in [-0.2, -0.15) is 0 Å². The van der Waals surface area contributed by atoms with E-state index in [4.69, 9.17) is 4.99 Å². The molecule has 0 aliphatic heterocycles. The summed E-state index contributed by atoms with van der Waals surface area (Å²) in [6.07, 6.45) is 0.942. The van der Waals surface area contributed by atoms with Gasteiger partial charge in [0.1, 0.15) is 0 Å². The number of benzene rings is 2. The first-order chi connectivity index (χ1) is 8.29. The zero-order chi connectivity index (χ0) is 12.1. The molecular formula is C16H17N. The lowest BCUT2D eigenvalue weighted by Crippen LogP contribution is -1.98. The van der Waals surface area contributed by atoms with Crippen LogP contribution in [0.5, 0.6) is 0 Å². The van der Waals surface area contributed by atoms with Gasteiger partial charge in [0.05, 0.1) is 5.69 Å². The Labute approximate surface area is 103 Å². The fourth-order valence-electron chi connectivity index (χ4n) is 1.75. The standard InChI is InChI=1S/C16H17N/c1-3-16(14-11-9-13(2)10-12-14)17-15-7-5-4-6-8-15/h4-12H,3H2,1-2H3. The SMILES string of the molecule is CCC(=Nc1ccccc1)c1ccc(C)cc1. The Balaban J connectivity index is 2.34. The molecule has 2 aromatic carbocycles. The number of nitrogens with zero attached hydrogens (tertiary/aromatic N) is 1. The van der Waals surface area contributed by atoms with E-state index in [1.165, 1.54) is 11.1 Å². The van der Waals surface area contributed by atoms with E-state index in [-0.39, 0.29) is 0 Å². The monoisotopic (exact) mass is 223 g/mol. The van der Waals surface area contributed by atoms with Gasteiger partial charge in [-0.1, -0.05) is 55.0 Å². The van der Waals surface area contributed by atoms with E-state index in [1.807, 2.05) is 30.3 Å². The van der Waals surface area contributed by atoms with Crippen molar-refractivity contribution in [3.8, 4) is 0 Å². The fourth-order valence-corrected chi connectivity index (χ4v) is 1.75. The summed E-state index contributed by atoms with van der Waals surface area (Å²) in [5.74, 6) is 0. The van der Waals surface area contributed by atoms with Crippen LogP contribution in [0.2, 0.25) is 0 Å². The molecule has 2 aromatic rings. The highest BCUT2D eigenvalue weighted by atomic mass is 14.7. The van der Waals surface area contributed by atoms with E-state index < -0.39 is 0 Å². The third-order valence-electron chi connectivity index (χ3n) is 2.74. The first kappa shape index (κ1) is 11.6. The second kappa shape index (κ2) is 5.44. The Morgan fingerprint density at radius 2 is 1.59 bits per heavy atom. The molecule has 0 saturated carbocycles. The Morgan fingerprint density at radius 3 is 2.18 bits per heavy atom. The van der Waals surface area contributed by atoms with Crippen molar-refractivity contribution >= 4 is 11.4 Å². The smallest absolute Gasteiger partial charge is 0.0633 e. The zero-order valence-corrected chi connectivity index (χ0v) is 10.4. The van der Waals surface area contributed by atoms with Crippen LogP contribution in [0.1, 0.15) is 24.5 Å². The van der Waals surface area contributed by atoms with Crippen LogP contribution in [0, 0.1) is 6.92 Å². The summed E-state index contributed by atoms with van der Waals surface area (Å²) in [6.45, 7) is 4.24. The summed E-state index contributed by atoms with van der Waals surface area (Å²) in [7, 11) is 0. The summed E-state index contributed by atoms with van der Waals surface area (Å²) in [5.41, 5.74) is 4.65. The highest BCUT2D eigenvalue weighted by Gasteiger charge is 2.00. The molecule has 0 aromatic heterocycles. The maximum atomic E-state index is 4.69. The highest BCUT2D eigenvalue weighted by molar-refractivity contribution is 6.01. The third kappa shape index (κ3) is 3.04. The lowest BCUT2D eigenvalue weighted by molar-refractivity contribution is 1.26. The minimum Gasteiger partial charge on any atom is -0.253 e. The van der Waals surface area contributed by atoms with Gasteiger partial charge in [0.15, 0.2) is 0 Å². The molecule has 0 bridgehead atoms. The molecular weight excluding hydrogens is 206 g/mol. The second-order valence-corrected chi connectivity index (χ2v) is 4.11. The van der Waals surface area contributed by atoms with E-state index >= 15 is 0 Å². The van der Waals surface area contributed by atoms with Crippen LogP contribution in [-0.2, 0) is 0 Å². The average Bonchev–Trinajstić information content (AvgIpc) is 2.38. The molecule has 0 spiro atoms. The van der Waals surface area contributed by atoms with E-state index in [0.29, 0.717) is 0 Å². The maximum Gasteiger partial charge on any atom is 0.0633 e. The first-order valence-electron chi connectivity index (χ1n) is 5.99. The van der Waals surface area contributed by atoms with Gasteiger partial charge in [0, 0.05) is 5.71 Å². The molecule has 0 radical (unpaired) electrons. The summed E-state index contributed by atoms with van der Waals surface area (Å²) in [4.78, 5) is 4.69. The van der Waals surface area contributed by atoms with E-state index in [2.05, 4.69) is 38.1 Å². The van der Waals surface area contributed by atoms with Crippen molar-refractivity contribution in [1.29, 1.82) is 0 Å². The molecule has 0 amide bonds. The molecule has 0 atom stereocenters. The summed E-state index contributed by atoms with van der Waals surface area (Å²) in [5, 5.41) is 0. The molecule has 0 N–H and O–H groups in total. The van der Waals surface area contributed by atoms with E-state index in [1.54, 1.807) is 0 Å². The van der Waals surface area contributed by atoms with Crippen LogP contribution >= 0.6 is 0 Å². The van der Waals surface area contributed by atoms with Gasteiger partial charge in [-0.3, -0.25) is 4.99 Å². The molecule has 1 nitrogen and oxygen atoms in total. The van der Waals surface area contributed by atoms with Gasteiger partial charge in [0.25, 0.3) is 0 Å². The molecule has 0 heterocycles. The number of aryl methyl sites for hydroxylation is 1. The Morgan fingerprint density at radius 1 is 0.941 bits per heavy atom. The molecule has 1 heteroatoms. The summed E-state index contributed by atoms with van der Waals surface area (Å²) < 4.78 is 0. The Hall–Kier alpha value is -1.89. The van der Waals surface area contributed by atoms with Gasteiger partial charge in [-0.25, -0.2) is 0 Å². The molecule has 86 valence electrons. The van der Waals surface area contributed by atoms with Crippen molar-refractivity contribution in [3.05, 3.63) is 65.7 Å². The van der Waals surface area contributed by atoms with Crippen molar-refractivity contribution in [2.45, 2.75) is 20.3 Å². The van der Waals surface area contributed by atoms with Crippen LogP contribution in [-0.4, -0.2) is 5.71 Å². The number of para-hydroxylation sites is 1. The third-order valence-corrected chi connectivity index (χ3v) is 2.74. The lowest BCUT2D eigenvalue weighted by atomic mass is 10.1. The van der Waals surface area contributed by atoms with Gasteiger partial charge in [-0.05, 0) is 31.0 Å². The average molecular weight is 223 g/mol. The largest absolute Gasteiger partial charge is 0.253 e. The van der Waals surface area contributed by atoms with Gasteiger partial charge in [-0.15, -0.1) is 0 Å². The van der Waals surface area contributed by atoms with Crippen LogP contribution in [0.25, 0.3) is 0 Å². The number of aliphatic imine (C=N–C) groups is 1. The number of hydrogen-bond acceptors (Lipinski definition) is 1. The van der Waals surface area contributed by atoms with Crippen LogP contribution in [0.3, 0.4) is 0 Å². The van der Waals surface area contributed by atoms with Crippen molar-refractivity contribution in [1.82, 2.24) is 0 Å². The summed E-state index contributed by atoms with van der Waals surface area (Å²) in [6, 6.07) is 18.6. The minimum absolute atomic E-state index is 0.942. The predicted octanol–water partition coefficient (Wildman–Crippen LogP) is 4.53. The minimum atomic E-state index is 0.942. The lowest BCUT2D eigenvalue weighted by Gasteiger charge is -2.04. The van der Waals surface area contributed by atoms with E-state index in [9.17, 15) is 0 Å². The first-order valence-corrected chi connectivity index (χ1v) is 5.99. The zero-order valence-electron chi connectivity index (χ0n) is 10.4. The molecule has 0 fully saturated rings. The second-order valence-electron chi connectivity index (χ2n) is 4.11. The maximum absolute atomic E-state index is 4.69.